The van der Waals surface area contributed by atoms with E-state index in [4.69, 9.17) is 9.52 Å². The average Bonchev–Trinajstić information content (AvgIpc) is 2.18. The van der Waals surface area contributed by atoms with Crippen LogP contribution in [0, 0.1) is 0 Å². The molecule has 1 N–H and O–H groups in total. The first kappa shape index (κ1) is 8.97. The van der Waals surface area contributed by atoms with Gasteiger partial charge in [0.15, 0.2) is 5.43 Å². The fourth-order valence-corrected chi connectivity index (χ4v) is 1.39. The van der Waals surface area contributed by atoms with Crippen molar-refractivity contribution >= 4 is 11.0 Å². The summed E-state index contributed by atoms with van der Waals surface area (Å²) in [7, 11) is 0. The number of benzene rings is 1. The highest BCUT2D eigenvalue weighted by Crippen LogP contribution is 2.11. The van der Waals surface area contributed by atoms with Gasteiger partial charge in [0.25, 0.3) is 0 Å². The first-order valence-corrected chi connectivity index (χ1v) is 4.44. The number of hydrogen-bond donors (Lipinski definition) is 1. The summed E-state index contributed by atoms with van der Waals surface area (Å²) in [6.45, 7) is -0.0126. The Morgan fingerprint density at radius 1 is 1.29 bits per heavy atom. The maximum atomic E-state index is 11.5. The Labute approximate surface area is 80.6 Å². The Bertz CT molecular complexity index is 499. The summed E-state index contributed by atoms with van der Waals surface area (Å²) in [5, 5.41) is 9.30. The van der Waals surface area contributed by atoms with Crippen molar-refractivity contribution in [1.82, 2.24) is 0 Å². The van der Waals surface area contributed by atoms with Crippen molar-refractivity contribution in [2.45, 2.75) is 6.42 Å². The highest BCUT2D eigenvalue weighted by atomic mass is 16.3. The van der Waals surface area contributed by atoms with Crippen molar-refractivity contribution in [3.63, 3.8) is 0 Å². The molecule has 0 amide bonds. The Kier molecular flexibility index (Phi) is 2.33. The third-order valence-electron chi connectivity index (χ3n) is 2.04. The molecular weight excluding hydrogens is 180 g/mol. The molecule has 3 heteroatoms. The lowest BCUT2D eigenvalue weighted by molar-refractivity contribution is 0.288. The fourth-order valence-electron chi connectivity index (χ4n) is 1.39. The number of hydrogen-bond acceptors (Lipinski definition) is 3. The van der Waals surface area contributed by atoms with E-state index in [0.29, 0.717) is 23.2 Å². The molecule has 3 nitrogen and oxygen atoms in total. The second kappa shape index (κ2) is 3.64. The lowest BCUT2D eigenvalue weighted by Crippen LogP contribution is -2.03. The normalized spacial score (nSPS) is 10.6. The van der Waals surface area contributed by atoms with Crippen LogP contribution in [0.3, 0.4) is 0 Å². The van der Waals surface area contributed by atoms with Gasteiger partial charge >= 0.3 is 0 Å². The molecule has 0 bridgehead atoms. The number of para-hydroxylation sites is 1. The SMILES string of the molecule is O=c1cc(CCO)oc2ccccc12. The van der Waals surface area contributed by atoms with Gasteiger partial charge in [-0.2, -0.15) is 0 Å². The molecule has 14 heavy (non-hydrogen) atoms. The molecule has 0 saturated heterocycles. The summed E-state index contributed by atoms with van der Waals surface area (Å²) < 4.78 is 5.42. The molecule has 72 valence electrons. The third-order valence-corrected chi connectivity index (χ3v) is 2.04. The van der Waals surface area contributed by atoms with Crippen LogP contribution in [0.25, 0.3) is 11.0 Å². The van der Waals surface area contributed by atoms with Crippen molar-refractivity contribution in [2.24, 2.45) is 0 Å². The van der Waals surface area contributed by atoms with Gasteiger partial charge in [-0.3, -0.25) is 4.79 Å². The molecule has 2 aromatic rings. The summed E-state index contributed by atoms with van der Waals surface area (Å²) >= 11 is 0. The largest absolute Gasteiger partial charge is 0.461 e. The fraction of sp³-hybridized carbons (Fsp3) is 0.182. The zero-order chi connectivity index (χ0) is 9.97. The molecule has 0 fully saturated rings. The molecular formula is C11H10O3. The van der Waals surface area contributed by atoms with E-state index in [-0.39, 0.29) is 12.0 Å². The Morgan fingerprint density at radius 2 is 2.07 bits per heavy atom. The molecule has 0 atom stereocenters. The van der Waals surface area contributed by atoms with E-state index < -0.39 is 0 Å². The zero-order valence-electron chi connectivity index (χ0n) is 7.56. The van der Waals surface area contributed by atoms with Crippen LogP contribution in [0.5, 0.6) is 0 Å². The van der Waals surface area contributed by atoms with E-state index in [9.17, 15) is 4.79 Å². The molecule has 2 rings (SSSR count). The van der Waals surface area contributed by atoms with Gasteiger partial charge in [0.1, 0.15) is 11.3 Å². The maximum Gasteiger partial charge on any atom is 0.192 e. The molecule has 0 aliphatic heterocycles. The second-order valence-electron chi connectivity index (χ2n) is 3.05. The van der Waals surface area contributed by atoms with Crippen LogP contribution < -0.4 is 5.43 Å². The quantitative estimate of drug-likeness (QED) is 0.777. The molecule has 0 aliphatic rings. The van der Waals surface area contributed by atoms with Crippen LogP contribution in [-0.2, 0) is 6.42 Å². The lowest BCUT2D eigenvalue weighted by Gasteiger charge is -1.99. The summed E-state index contributed by atoms with van der Waals surface area (Å²) in [6.07, 6.45) is 0.375. The maximum absolute atomic E-state index is 11.5. The summed E-state index contributed by atoms with van der Waals surface area (Å²) in [6, 6.07) is 8.51. The number of aliphatic hydroxyl groups is 1. The molecule has 0 aliphatic carbocycles. The van der Waals surface area contributed by atoms with E-state index in [1.54, 1.807) is 18.2 Å². The minimum Gasteiger partial charge on any atom is -0.461 e. The molecule has 0 saturated carbocycles. The van der Waals surface area contributed by atoms with Gasteiger partial charge < -0.3 is 9.52 Å². The van der Waals surface area contributed by atoms with E-state index in [0.717, 1.165) is 0 Å². The molecule has 1 heterocycles. The van der Waals surface area contributed by atoms with E-state index in [2.05, 4.69) is 0 Å². The Balaban J connectivity index is 2.66. The van der Waals surface area contributed by atoms with Gasteiger partial charge in [0, 0.05) is 12.5 Å². The lowest BCUT2D eigenvalue weighted by atomic mass is 10.2. The minimum atomic E-state index is -0.0599. The van der Waals surface area contributed by atoms with Crippen LogP contribution >= 0.6 is 0 Å². The van der Waals surface area contributed by atoms with Crippen molar-refractivity contribution in [3.05, 3.63) is 46.3 Å². The Morgan fingerprint density at radius 3 is 2.86 bits per heavy atom. The smallest absolute Gasteiger partial charge is 0.192 e. The van der Waals surface area contributed by atoms with Gasteiger partial charge in [0.05, 0.1) is 12.0 Å². The average molecular weight is 190 g/mol. The van der Waals surface area contributed by atoms with Gasteiger partial charge in [-0.15, -0.1) is 0 Å². The van der Waals surface area contributed by atoms with Crippen LogP contribution in [-0.4, -0.2) is 11.7 Å². The van der Waals surface area contributed by atoms with E-state index >= 15 is 0 Å². The topological polar surface area (TPSA) is 50.4 Å². The Hall–Kier alpha value is -1.61. The highest BCUT2D eigenvalue weighted by molar-refractivity contribution is 5.76. The third kappa shape index (κ3) is 1.54. The van der Waals surface area contributed by atoms with Crippen molar-refractivity contribution in [3.8, 4) is 0 Å². The van der Waals surface area contributed by atoms with Gasteiger partial charge in [-0.1, -0.05) is 12.1 Å². The highest BCUT2D eigenvalue weighted by Gasteiger charge is 2.02. The standard InChI is InChI=1S/C11H10O3/c12-6-5-8-7-10(13)9-3-1-2-4-11(9)14-8/h1-4,7,12H,5-6H2. The molecule has 0 unspecified atom stereocenters. The zero-order valence-corrected chi connectivity index (χ0v) is 7.56. The van der Waals surface area contributed by atoms with Crippen molar-refractivity contribution in [1.29, 1.82) is 0 Å². The van der Waals surface area contributed by atoms with Gasteiger partial charge in [-0.25, -0.2) is 0 Å². The van der Waals surface area contributed by atoms with Gasteiger partial charge in [0.2, 0.25) is 0 Å². The second-order valence-corrected chi connectivity index (χ2v) is 3.05. The predicted molar refractivity (Wildman–Crippen MR) is 53.3 cm³/mol. The van der Waals surface area contributed by atoms with Crippen molar-refractivity contribution < 1.29 is 9.52 Å². The summed E-state index contributed by atoms with van der Waals surface area (Å²) in [5.41, 5.74) is 0.513. The first-order chi connectivity index (χ1) is 6.81. The van der Waals surface area contributed by atoms with Gasteiger partial charge in [-0.05, 0) is 12.1 Å². The molecule has 0 radical (unpaired) electrons. The summed E-state index contributed by atoms with van der Waals surface area (Å²) in [4.78, 5) is 11.5. The number of aliphatic hydroxyl groups excluding tert-OH is 1. The number of rotatable bonds is 2. The van der Waals surface area contributed by atoms with Crippen LogP contribution in [0.1, 0.15) is 5.76 Å². The van der Waals surface area contributed by atoms with Crippen LogP contribution in [0.2, 0.25) is 0 Å². The summed E-state index contributed by atoms with van der Waals surface area (Å²) in [5.74, 6) is 0.524. The molecule has 1 aromatic heterocycles. The van der Waals surface area contributed by atoms with E-state index in [1.807, 2.05) is 6.07 Å². The van der Waals surface area contributed by atoms with Crippen molar-refractivity contribution in [2.75, 3.05) is 6.61 Å². The first-order valence-electron chi connectivity index (χ1n) is 4.44. The van der Waals surface area contributed by atoms with Crippen LogP contribution in [0.15, 0.2) is 39.5 Å². The monoisotopic (exact) mass is 190 g/mol. The minimum absolute atomic E-state index is 0.0126. The molecule has 1 aromatic carbocycles. The van der Waals surface area contributed by atoms with E-state index in [1.165, 1.54) is 6.07 Å². The molecule has 0 spiro atoms. The number of fused-ring (bicyclic) bond motifs is 1. The van der Waals surface area contributed by atoms with Crippen LogP contribution in [0.4, 0.5) is 0 Å². The predicted octanol–water partition coefficient (Wildman–Crippen LogP) is 1.33.